The minimum Gasteiger partial charge on any atom is -0.458 e. The highest BCUT2D eigenvalue weighted by Gasteiger charge is 2.45. The largest absolute Gasteiger partial charge is 0.458 e. The first-order valence-corrected chi connectivity index (χ1v) is 10.6. The molecular weight excluding hydrogens is 410 g/mol. The van der Waals surface area contributed by atoms with Crippen LogP contribution in [0.5, 0.6) is 11.5 Å². The molecule has 0 aromatic heterocycles. The van der Waals surface area contributed by atoms with Crippen LogP contribution in [-0.2, 0) is 14.9 Å². The molecule has 0 saturated carbocycles. The topological polar surface area (TPSA) is 172 Å². The number of ether oxygens (including phenoxy) is 2. The van der Waals surface area contributed by atoms with Crippen molar-refractivity contribution in [2.24, 2.45) is 0 Å². The van der Waals surface area contributed by atoms with Crippen molar-refractivity contribution in [3.8, 4) is 11.5 Å². The fourth-order valence-corrected chi connectivity index (χ4v) is 3.07. The third-order valence-electron chi connectivity index (χ3n) is 3.96. The molecule has 1 heterocycles. The Hall–Kier alpha value is -1.96. The number of aliphatic hydroxyl groups excluding tert-OH is 4. The highest BCUT2D eigenvalue weighted by Crippen LogP contribution is 2.33. The minimum atomic E-state index is -4.00. The van der Waals surface area contributed by atoms with E-state index in [1.54, 1.807) is 13.8 Å². The number of carbonyl (C=O) groups is 1. The second kappa shape index (κ2) is 9.24. The van der Waals surface area contributed by atoms with Gasteiger partial charge in [-0.2, -0.15) is 8.42 Å². The molecule has 2 rings (SSSR count). The summed E-state index contributed by atoms with van der Waals surface area (Å²) >= 11 is 0. The first-order chi connectivity index (χ1) is 13.4. The van der Waals surface area contributed by atoms with Gasteiger partial charge in [0.25, 0.3) is 5.91 Å². The lowest BCUT2D eigenvalue weighted by Gasteiger charge is -2.39. The molecule has 164 valence electrons. The van der Waals surface area contributed by atoms with Crippen molar-refractivity contribution in [3.05, 3.63) is 23.8 Å². The Labute approximate surface area is 168 Å². The highest BCUT2D eigenvalue weighted by atomic mass is 32.2. The van der Waals surface area contributed by atoms with E-state index >= 15 is 0 Å². The van der Waals surface area contributed by atoms with Crippen molar-refractivity contribution < 1.29 is 47.3 Å². The van der Waals surface area contributed by atoms with Gasteiger partial charge in [-0.3, -0.25) is 4.79 Å². The number of rotatable bonds is 7. The number of benzene rings is 1. The molecule has 12 heteroatoms. The highest BCUT2D eigenvalue weighted by molar-refractivity contribution is 7.86. The fraction of sp³-hybridized carbons (Fsp3) is 0.588. The van der Waals surface area contributed by atoms with E-state index in [9.17, 15) is 33.6 Å². The average Bonchev–Trinajstić information content (AvgIpc) is 2.61. The van der Waals surface area contributed by atoms with Gasteiger partial charge in [-0.25, -0.2) is 0 Å². The predicted octanol–water partition coefficient (Wildman–Crippen LogP) is -1.66. The molecule has 0 unspecified atom stereocenters. The summed E-state index contributed by atoms with van der Waals surface area (Å²) in [7, 11) is -4.00. The third-order valence-corrected chi connectivity index (χ3v) is 4.44. The fourth-order valence-electron chi connectivity index (χ4n) is 2.61. The Morgan fingerprint density at radius 3 is 2.38 bits per heavy atom. The Bertz CT molecular complexity index is 826. The molecule has 5 atom stereocenters. The molecule has 1 aromatic carbocycles. The Morgan fingerprint density at radius 1 is 1.17 bits per heavy atom. The van der Waals surface area contributed by atoms with E-state index in [2.05, 4.69) is 5.32 Å². The quantitative estimate of drug-likeness (QED) is 0.312. The van der Waals surface area contributed by atoms with Gasteiger partial charge in [-0.15, -0.1) is 0 Å². The van der Waals surface area contributed by atoms with Gasteiger partial charge in [0.2, 0.25) is 6.29 Å². The van der Waals surface area contributed by atoms with Crippen LogP contribution in [0.15, 0.2) is 18.2 Å². The van der Waals surface area contributed by atoms with Gasteiger partial charge in [0.05, 0.1) is 12.9 Å². The van der Waals surface area contributed by atoms with E-state index in [-0.39, 0.29) is 23.1 Å². The zero-order valence-corrected chi connectivity index (χ0v) is 16.9. The lowest BCUT2D eigenvalue weighted by molar-refractivity contribution is -0.277. The number of hydrogen-bond donors (Lipinski definition) is 5. The summed E-state index contributed by atoms with van der Waals surface area (Å²) in [5.41, 5.74) is 0.0958. The molecule has 1 fully saturated rings. The van der Waals surface area contributed by atoms with E-state index < -0.39 is 53.3 Å². The number of hydrogen-bond acceptors (Lipinski definition) is 10. The van der Waals surface area contributed by atoms with E-state index in [0.29, 0.717) is 0 Å². The van der Waals surface area contributed by atoms with Crippen LogP contribution in [0.3, 0.4) is 0 Å². The molecule has 1 aromatic rings. The molecule has 1 amide bonds. The summed E-state index contributed by atoms with van der Waals surface area (Å²) in [6.07, 6.45) is -6.93. The summed E-state index contributed by atoms with van der Waals surface area (Å²) in [6, 6.07) is 3.55. The van der Waals surface area contributed by atoms with Crippen LogP contribution in [0.25, 0.3) is 0 Å². The first-order valence-electron chi connectivity index (χ1n) is 8.74. The smallest absolute Gasteiger partial charge is 0.306 e. The zero-order chi connectivity index (χ0) is 21.9. The molecule has 0 radical (unpaired) electrons. The SMILES string of the molecule is CC(C)NC(=O)c1ccc(O[C@@H]2O[C@H](CO)[C@H](O)[C@H](O)[C@H]2O)c(OS(C)(=O)=O)c1. The summed E-state index contributed by atoms with van der Waals surface area (Å²) in [5, 5.41) is 41.6. The van der Waals surface area contributed by atoms with Crippen molar-refractivity contribution in [3.63, 3.8) is 0 Å². The van der Waals surface area contributed by atoms with E-state index in [1.807, 2.05) is 0 Å². The van der Waals surface area contributed by atoms with E-state index in [1.165, 1.54) is 12.1 Å². The molecule has 29 heavy (non-hydrogen) atoms. The van der Waals surface area contributed by atoms with Crippen molar-refractivity contribution >= 4 is 16.0 Å². The van der Waals surface area contributed by atoms with Gasteiger partial charge in [0.15, 0.2) is 11.5 Å². The maximum atomic E-state index is 12.2. The lowest BCUT2D eigenvalue weighted by Crippen LogP contribution is -2.60. The van der Waals surface area contributed by atoms with Crippen molar-refractivity contribution in [2.45, 2.75) is 50.6 Å². The number of aliphatic hydroxyl groups is 4. The van der Waals surface area contributed by atoms with E-state index in [0.717, 1.165) is 12.3 Å². The normalized spacial score (nSPS) is 27.5. The van der Waals surface area contributed by atoms with Crippen molar-refractivity contribution in [2.75, 3.05) is 12.9 Å². The average molecular weight is 435 g/mol. The third kappa shape index (κ3) is 6.01. The molecule has 1 saturated heterocycles. The number of amides is 1. The second-order valence-corrected chi connectivity index (χ2v) is 8.47. The minimum absolute atomic E-state index is 0.0958. The van der Waals surface area contributed by atoms with Crippen LogP contribution in [-0.4, -0.2) is 84.4 Å². The van der Waals surface area contributed by atoms with Gasteiger partial charge < -0.3 is 39.4 Å². The Balaban J connectivity index is 2.34. The van der Waals surface area contributed by atoms with Crippen LogP contribution in [0, 0.1) is 0 Å². The molecule has 0 aliphatic carbocycles. The van der Waals surface area contributed by atoms with Gasteiger partial charge in [0.1, 0.15) is 24.4 Å². The molecule has 1 aliphatic rings. The van der Waals surface area contributed by atoms with E-state index in [4.69, 9.17) is 13.7 Å². The second-order valence-electron chi connectivity index (χ2n) is 6.89. The molecule has 11 nitrogen and oxygen atoms in total. The number of nitrogens with one attached hydrogen (secondary N) is 1. The van der Waals surface area contributed by atoms with Crippen LogP contribution in [0.2, 0.25) is 0 Å². The van der Waals surface area contributed by atoms with Crippen LogP contribution >= 0.6 is 0 Å². The lowest BCUT2D eigenvalue weighted by atomic mass is 9.99. The maximum absolute atomic E-state index is 12.2. The predicted molar refractivity (Wildman–Crippen MR) is 98.9 cm³/mol. The van der Waals surface area contributed by atoms with Gasteiger partial charge in [-0.05, 0) is 32.0 Å². The molecule has 1 aliphatic heterocycles. The van der Waals surface area contributed by atoms with Crippen LogP contribution in [0.1, 0.15) is 24.2 Å². The van der Waals surface area contributed by atoms with Crippen molar-refractivity contribution in [1.29, 1.82) is 0 Å². The summed E-state index contributed by atoms with van der Waals surface area (Å²) in [5.74, 6) is -1.03. The maximum Gasteiger partial charge on any atom is 0.306 e. The summed E-state index contributed by atoms with van der Waals surface area (Å²) in [6.45, 7) is 2.84. The summed E-state index contributed by atoms with van der Waals surface area (Å²) in [4.78, 5) is 12.2. The standard InChI is InChI=1S/C17H25NO10S/c1-8(2)18-16(23)9-4-5-10(11(6-9)28-29(3,24)25)26-17-15(22)14(21)13(20)12(7-19)27-17/h4-6,8,12-15,17,19-22H,7H2,1-3H3,(H,18,23)/t12-,13+,14+,15-,17-/m1/s1. The van der Waals surface area contributed by atoms with Crippen LogP contribution in [0.4, 0.5) is 0 Å². The molecular formula is C17H25NO10S. The first kappa shape index (κ1) is 23.3. The Morgan fingerprint density at radius 2 is 1.83 bits per heavy atom. The molecule has 0 bridgehead atoms. The number of carbonyl (C=O) groups excluding carboxylic acids is 1. The monoisotopic (exact) mass is 435 g/mol. The van der Waals surface area contributed by atoms with Gasteiger partial charge in [-0.1, -0.05) is 0 Å². The van der Waals surface area contributed by atoms with Crippen LogP contribution < -0.4 is 14.2 Å². The summed E-state index contributed by atoms with van der Waals surface area (Å²) < 4.78 is 38.7. The van der Waals surface area contributed by atoms with Crippen molar-refractivity contribution in [1.82, 2.24) is 5.32 Å². The van der Waals surface area contributed by atoms with Gasteiger partial charge in [0, 0.05) is 11.6 Å². The Kier molecular flexibility index (Phi) is 7.43. The molecule has 5 N–H and O–H groups in total. The zero-order valence-electron chi connectivity index (χ0n) is 16.0. The van der Waals surface area contributed by atoms with Gasteiger partial charge >= 0.3 is 10.1 Å². The molecule has 0 spiro atoms.